The molecule has 0 saturated heterocycles. The molecule has 0 radical (unpaired) electrons. The van der Waals surface area contributed by atoms with Crippen molar-refractivity contribution in [2.24, 2.45) is 0 Å². The molecule has 1 aromatic carbocycles. The van der Waals surface area contributed by atoms with E-state index in [1.165, 1.54) is 12.3 Å². The Balaban J connectivity index is 2.27. The maximum absolute atomic E-state index is 10.5. The van der Waals surface area contributed by atoms with Crippen molar-refractivity contribution in [3.05, 3.63) is 58.9 Å². The van der Waals surface area contributed by atoms with E-state index in [0.29, 0.717) is 16.5 Å². The van der Waals surface area contributed by atoms with Crippen LogP contribution in [0.25, 0.3) is 6.08 Å². The number of rotatable bonds is 4. The average Bonchev–Trinajstić information content (AvgIpc) is 2.39. The van der Waals surface area contributed by atoms with Gasteiger partial charge in [0.25, 0.3) is 0 Å². The Labute approximate surface area is 121 Å². The molecule has 0 bridgehead atoms. The summed E-state index contributed by atoms with van der Waals surface area (Å²) in [6.45, 7) is 1.90. The number of ether oxygens (including phenoxy) is 1. The van der Waals surface area contributed by atoms with Crippen LogP contribution in [0.4, 0.5) is 0 Å². The van der Waals surface area contributed by atoms with Crippen LogP contribution in [0, 0.1) is 6.92 Å². The number of nitrogens with zero attached hydrogens (tertiary/aromatic N) is 1. The van der Waals surface area contributed by atoms with Crippen molar-refractivity contribution in [2.45, 2.75) is 6.92 Å². The van der Waals surface area contributed by atoms with Gasteiger partial charge in [-0.3, -0.25) is 4.98 Å². The fourth-order valence-corrected chi connectivity index (χ4v) is 1.74. The van der Waals surface area contributed by atoms with Crippen LogP contribution in [0.3, 0.4) is 0 Å². The molecule has 0 atom stereocenters. The van der Waals surface area contributed by atoms with Gasteiger partial charge in [-0.1, -0.05) is 23.7 Å². The minimum Gasteiger partial charge on any atom is -0.478 e. The van der Waals surface area contributed by atoms with Crippen molar-refractivity contribution in [3.63, 3.8) is 0 Å². The molecule has 1 heterocycles. The highest BCUT2D eigenvalue weighted by Gasteiger charge is 2.03. The van der Waals surface area contributed by atoms with E-state index < -0.39 is 5.97 Å². The first kappa shape index (κ1) is 14.1. The van der Waals surface area contributed by atoms with Crippen molar-refractivity contribution >= 4 is 23.6 Å². The lowest BCUT2D eigenvalue weighted by atomic mass is 10.1. The summed E-state index contributed by atoms with van der Waals surface area (Å²) in [4.78, 5) is 14.5. The summed E-state index contributed by atoms with van der Waals surface area (Å²) in [5.41, 5.74) is 1.67. The molecule has 0 unspecified atom stereocenters. The predicted molar refractivity (Wildman–Crippen MR) is 77.2 cm³/mol. The Morgan fingerprint density at radius 1 is 1.35 bits per heavy atom. The van der Waals surface area contributed by atoms with E-state index in [0.717, 1.165) is 17.2 Å². The van der Waals surface area contributed by atoms with Crippen LogP contribution in [0.15, 0.2) is 42.7 Å². The third kappa shape index (κ3) is 3.83. The topological polar surface area (TPSA) is 59.4 Å². The molecular formula is C15H12ClNO3. The van der Waals surface area contributed by atoms with Crippen molar-refractivity contribution < 1.29 is 14.6 Å². The molecule has 2 aromatic rings. The van der Waals surface area contributed by atoms with Crippen LogP contribution in [0.5, 0.6) is 11.5 Å². The number of carbonyl (C=O) groups is 1. The number of aliphatic carboxylic acids is 1. The van der Waals surface area contributed by atoms with Crippen molar-refractivity contribution in [1.82, 2.24) is 4.98 Å². The Kier molecular flexibility index (Phi) is 4.38. The molecule has 0 aliphatic carbocycles. The first-order valence-corrected chi connectivity index (χ1v) is 6.22. The van der Waals surface area contributed by atoms with E-state index >= 15 is 0 Å². The van der Waals surface area contributed by atoms with Gasteiger partial charge >= 0.3 is 5.97 Å². The minimum absolute atomic E-state index is 0.488. The van der Waals surface area contributed by atoms with Gasteiger partial charge in [0.05, 0.1) is 11.2 Å². The molecule has 4 nitrogen and oxygen atoms in total. The zero-order chi connectivity index (χ0) is 14.5. The molecule has 0 fully saturated rings. The second-order valence-electron chi connectivity index (χ2n) is 4.14. The van der Waals surface area contributed by atoms with Gasteiger partial charge in [-0.05, 0) is 30.2 Å². The predicted octanol–water partition coefficient (Wildman–Crippen LogP) is 3.93. The second-order valence-corrected chi connectivity index (χ2v) is 4.57. The van der Waals surface area contributed by atoms with Gasteiger partial charge < -0.3 is 9.84 Å². The number of aryl methyl sites for hydroxylation is 1. The monoisotopic (exact) mass is 289 g/mol. The summed E-state index contributed by atoms with van der Waals surface area (Å²) in [7, 11) is 0. The van der Waals surface area contributed by atoms with Crippen LogP contribution >= 0.6 is 11.6 Å². The van der Waals surface area contributed by atoms with Gasteiger partial charge in [-0.15, -0.1) is 0 Å². The van der Waals surface area contributed by atoms with Crippen molar-refractivity contribution in [1.29, 1.82) is 0 Å². The van der Waals surface area contributed by atoms with Crippen molar-refractivity contribution in [2.75, 3.05) is 0 Å². The largest absolute Gasteiger partial charge is 0.478 e. The highest BCUT2D eigenvalue weighted by atomic mass is 35.5. The Hall–Kier alpha value is -2.33. The standard InChI is InChI=1S/C15H12ClNO3/c1-10-2-3-11(4-5-15(18)19)6-14(10)20-13-7-12(16)8-17-9-13/h2-9H,1H3,(H,18,19)/b5-4+. The van der Waals surface area contributed by atoms with E-state index in [1.54, 1.807) is 18.3 Å². The molecule has 5 heteroatoms. The lowest BCUT2D eigenvalue weighted by Crippen LogP contribution is -1.90. The Bertz CT molecular complexity index is 668. The smallest absolute Gasteiger partial charge is 0.328 e. The van der Waals surface area contributed by atoms with Gasteiger partial charge in [0.15, 0.2) is 0 Å². The summed E-state index contributed by atoms with van der Waals surface area (Å²) < 4.78 is 5.71. The zero-order valence-electron chi connectivity index (χ0n) is 10.7. The zero-order valence-corrected chi connectivity index (χ0v) is 11.5. The number of benzene rings is 1. The summed E-state index contributed by atoms with van der Waals surface area (Å²) in [6, 6.07) is 7.09. The number of pyridine rings is 1. The average molecular weight is 290 g/mol. The number of halogens is 1. The summed E-state index contributed by atoms with van der Waals surface area (Å²) >= 11 is 5.85. The molecule has 20 heavy (non-hydrogen) atoms. The lowest BCUT2D eigenvalue weighted by Gasteiger charge is -2.09. The molecule has 102 valence electrons. The maximum Gasteiger partial charge on any atom is 0.328 e. The molecule has 0 aliphatic rings. The van der Waals surface area contributed by atoms with E-state index in [1.807, 2.05) is 19.1 Å². The molecule has 1 N–H and O–H groups in total. The SMILES string of the molecule is Cc1ccc(/C=C/C(=O)O)cc1Oc1cncc(Cl)c1. The van der Waals surface area contributed by atoms with Crippen LogP contribution in [0.2, 0.25) is 5.02 Å². The normalized spacial score (nSPS) is 10.7. The van der Waals surface area contributed by atoms with Crippen LogP contribution in [0.1, 0.15) is 11.1 Å². The molecule has 0 saturated carbocycles. The molecule has 2 rings (SSSR count). The van der Waals surface area contributed by atoms with E-state index in [-0.39, 0.29) is 0 Å². The quantitative estimate of drug-likeness (QED) is 0.866. The molecule has 0 amide bonds. The molecule has 0 aliphatic heterocycles. The maximum atomic E-state index is 10.5. The number of carboxylic acids is 1. The van der Waals surface area contributed by atoms with Gasteiger partial charge in [-0.2, -0.15) is 0 Å². The highest BCUT2D eigenvalue weighted by Crippen LogP contribution is 2.27. The van der Waals surface area contributed by atoms with Crippen LogP contribution in [-0.4, -0.2) is 16.1 Å². The van der Waals surface area contributed by atoms with Crippen LogP contribution in [-0.2, 0) is 4.79 Å². The molecule has 0 spiro atoms. The third-order valence-corrected chi connectivity index (χ3v) is 2.74. The van der Waals surface area contributed by atoms with E-state index in [2.05, 4.69) is 4.98 Å². The number of carboxylic acid groups (broad SMARTS) is 1. The highest BCUT2D eigenvalue weighted by molar-refractivity contribution is 6.30. The molecular weight excluding hydrogens is 278 g/mol. The summed E-state index contributed by atoms with van der Waals surface area (Å²) in [5, 5.41) is 9.11. The summed E-state index contributed by atoms with van der Waals surface area (Å²) in [5.74, 6) is 0.161. The van der Waals surface area contributed by atoms with E-state index in [9.17, 15) is 4.79 Å². The van der Waals surface area contributed by atoms with Crippen LogP contribution < -0.4 is 4.74 Å². The number of aromatic nitrogens is 1. The van der Waals surface area contributed by atoms with Gasteiger partial charge in [-0.25, -0.2) is 4.79 Å². The van der Waals surface area contributed by atoms with Gasteiger partial charge in [0.1, 0.15) is 11.5 Å². The first-order chi connectivity index (χ1) is 9.54. The first-order valence-electron chi connectivity index (χ1n) is 5.84. The van der Waals surface area contributed by atoms with Gasteiger partial charge in [0, 0.05) is 18.3 Å². The number of hydrogen-bond acceptors (Lipinski definition) is 3. The fourth-order valence-electron chi connectivity index (χ4n) is 1.57. The second kappa shape index (κ2) is 6.21. The Morgan fingerprint density at radius 2 is 2.15 bits per heavy atom. The van der Waals surface area contributed by atoms with E-state index in [4.69, 9.17) is 21.4 Å². The van der Waals surface area contributed by atoms with Crippen molar-refractivity contribution in [3.8, 4) is 11.5 Å². The third-order valence-electron chi connectivity index (χ3n) is 2.54. The Morgan fingerprint density at radius 3 is 2.85 bits per heavy atom. The van der Waals surface area contributed by atoms with Gasteiger partial charge in [0.2, 0.25) is 0 Å². The minimum atomic E-state index is -0.993. The fraction of sp³-hybridized carbons (Fsp3) is 0.0667. The number of hydrogen-bond donors (Lipinski definition) is 1. The lowest BCUT2D eigenvalue weighted by molar-refractivity contribution is -0.131. The summed E-state index contributed by atoms with van der Waals surface area (Å²) in [6.07, 6.45) is 5.67. The molecule has 1 aromatic heterocycles.